The van der Waals surface area contributed by atoms with Crippen molar-refractivity contribution in [1.82, 2.24) is 4.98 Å². The van der Waals surface area contributed by atoms with Gasteiger partial charge in [-0.25, -0.2) is 0 Å². The number of hydrogen-bond acceptors (Lipinski definition) is 5. The number of alkyl halides is 3. The van der Waals surface area contributed by atoms with Gasteiger partial charge in [-0.2, -0.15) is 29.5 Å². The maximum Gasteiger partial charge on any atom is 0.416 e. The number of aromatic nitrogens is 1. The molecular weight excluding hydrogens is 489 g/mol. The molecule has 2 heterocycles. The fraction of sp³-hybridized carbons (Fsp3) is 0.111. The Labute approximate surface area is 208 Å². The van der Waals surface area contributed by atoms with Gasteiger partial charge < -0.3 is 9.15 Å². The van der Waals surface area contributed by atoms with Crippen LogP contribution in [0.15, 0.2) is 88.0 Å². The summed E-state index contributed by atoms with van der Waals surface area (Å²) >= 11 is 1.57. The summed E-state index contributed by atoms with van der Waals surface area (Å²) in [6, 6.07) is 18.8. The molecule has 36 heavy (non-hydrogen) atoms. The Morgan fingerprint density at radius 1 is 1.03 bits per heavy atom. The van der Waals surface area contributed by atoms with E-state index in [4.69, 9.17) is 9.15 Å². The second-order valence-corrected chi connectivity index (χ2v) is 8.79. The summed E-state index contributed by atoms with van der Waals surface area (Å²) in [6.07, 6.45) is -4.58. The monoisotopic (exact) mass is 508 g/mol. The van der Waals surface area contributed by atoms with Crippen LogP contribution in [0.3, 0.4) is 0 Å². The van der Waals surface area contributed by atoms with Crippen LogP contribution in [-0.2, 0) is 12.7 Å². The fourth-order valence-electron chi connectivity index (χ4n) is 3.76. The Hall–Kier alpha value is -4.11. The van der Waals surface area contributed by atoms with E-state index in [2.05, 4.69) is 4.98 Å². The Morgan fingerprint density at radius 2 is 1.83 bits per heavy atom. The topological polar surface area (TPSA) is 55.6 Å². The molecule has 0 aliphatic rings. The number of ether oxygens (including phenoxy) is 1. The number of carbonyl (C=O) groups is 1. The maximum atomic E-state index is 13.5. The fourth-order valence-corrected chi connectivity index (χ4v) is 4.43. The van der Waals surface area contributed by atoms with Crippen LogP contribution in [0.4, 0.5) is 19.2 Å². The molecular formula is C27H19F3N2O3S. The minimum Gasteiger partial charge on any atom is -0.497 e. The van der Waals surface area contributed by atoms with Gasteiger partial charge in [0.2, 0.25) is 0 Å². The average Bonchev–Trinajstić information content (AvgIpc) is 3.56. The zero-order chi connectivity index (χ0) is 25.3. The zero-order valence-corrected chi connectivity index (χ0v) is 19.8. The molecule has 0 radical (unpaired) electrons. The molecule has 5 nitrogen and oxygen atoms in total. The standard InChI is InChI=1S/C27H19F3N2O3S/c1-34-22-8-5-17(6-9-22)15-32(25(33)19-3-2-4-21(13-19)27(28,29)30)26-31-23-14-18(7-10-24(23)35-26)20-11-12-36-16-20/h2-14,16H,15H2,1H3. The van der Waals surface area contributed by atoms with Gasteiger partial charge in [-0.15, -0.1) is 0 Å². The SMILES string of the molecule is COc1ccc(CN(C(=O)c2cccc(C(F)(F)F)c2)c2nc3cc(-c4ccsc4)ccc3o2)cc1. The lowest BCUT2D eigenvalue weighted by molar-refractivity contribution is -0.137. The number of hydrogen-bond donors (Lipinski definition) is 0. The third-order valence-corrected chi connectivity index (χ3v) is 6.33. The average molecular weight is 509 g/mol. The third-order valence-electron chi connectivity index (χ3n) is 5.64. The lowest BCUT2D eigenvalue weighted by Gasteiger charge is -2.19. The van der Waals surface area contributed by atoms with Crippen molar-refractivity contribution in [2.75, 3.05) is 12.0 Å². The summed E-state index contributed by atoms with van der Waals surface area (Å²) in [7, 11) is 1.54. The van der Waals surface area contributed by atoms with Crippen LogP contribution in [0, 0.1) is 0 Å². The van der Waals surface area contributed by atoms with Crippen molar-refractivity contribution < 1.29 is 27.1 Å². The van der Waals surface area contributed by atoms with Crippen LogP contribution < -0.4 is 9.64 Å². The van der Waals surface area contributed by atoms with Crippen molar-refractivity contribution in [2.24, 2.45) is 0 Å². The van der Waals surface area contributed by atoms with Crippen LogP contribution >= 0.6 is 11.3 Å². The van der Waals surface area contributed by atoms with Crippen molar-refractivity contribution in [2.45, 2.75) is 12.7 Å². The Bertz CT molecular complexity index is 1510. The number of carbonyl (C=O) groups excluding carboxylic acids is 1. The van der Waals surface area contributed by atoms with Gasteiger partial charge in [-0.05, 0) is 76.0 Å². The molecule has 0 bridgehead atoms. The first-order chi connectivity index (χ1) is 17.3. The highest BCUT2D eigenvalue weighted by molar-refractivity contribution is 7.08. The summed E-state index contributed by atoms with van der Waals surface area (Å²) in [6.45, 7) is 0.0310. The molecule has 0 unspecified atom stereocenters. The largest absolute Gasteiger partial charge is 0.497 e. The van der Waals surface area contributed by atoms with Gasteiger partial charge in [0, 0.05) is 5.56 Å². The molecule has 9 heteroatoms. The van der Waals surface area contributed by atoms with Crippen LogP contribution in [0.25, 0.3) is 22.2 Å². The molecule has 182 valence electrons. The maximum absolute atomic E-state index is 13.5. The molecule has 0 aliphatic carbocycles. The number of benzene rings is 3. The van der Waals surface area contributed by atoms with E-state index in [1.165, 1.54) is 17.0 Å². The first-order valence-corrected chi connectivity index (χ1v) is 11.8. The van der Waals surface area contributed by atoms with Gasteiger partial charge in [0.15, 0.2) is 5.58 Å². The Kier molecular flexibility index (Phi) is 6.24. The van der Waals surface area contributed by atoms with E-state index >= 15 is 0 Å². The first kappa shape index (κ1) is 23.6. The Morgan fingerprint density at radius 3 is 2.53 bits per heavy atom. The Balaban J connectivity index is 1.55. The van der Waals surface area contributed by atoms with E-state index in [0.717, 1.165) is 28.8 Å². The van der Waals surface area contributed by atoms with Crippen molar-refractivity contribution in [3.05, 3.63) is 100 Å². The zero-order valence-electron chi connectivity index (χ0n) is 19.0. The summed E-state index contributed by atoms with van der Waals surface area (Å²) in [5.41, 5.74) is 2.65. The number of halogens is 3. The molecule has 5 rings (SSSR count). The quantitative estimate of drug-likeness (QED) is 0.239. The van der Waals surface area contributed by atoms with E-state index < -0.39 is 17.6 Å². The molecule has 0 N–H and O–H groups in total. The van der Waals surface area contributed by atoms with Crippen molar-refractivity contribution in [3.8, 4) is 16.9 Å². The number of oxazole rings is 1. The molecule has 5 aromatic rings. The van der Waals surface area contributed by atoms with Crippen LogP contribution in [0.2, 0.25) is 0 Å². The number of methoxy groups -OCH3 is 1. The van der Waals surface area contributed by atoms with Gasteiger partial charge in [0.25, 0.3) is 5.91 Å². The van der Waals surface area contributed by atoms with Crippen molar-refractivity contribution in [3.63, 3.8) is 0 Å². The smallest absolute Gasteiger partial charge is 0.416 e. The highest BCUT2D eigenvalue weighted by atomic mass is 32.1. The molecule has 1 amide bonds. The molecule has 0 atom stereocenters. The highest BCUT2D eigenvalue weighted by Crippen LogP contribution is 2.32. The first-order valence-electron chi connectivity index (χ1n) is 10.9. The summed E-state index contributed by atoms with van der Waals surface area (Å²) in [4.78, 5) is 19.3. The van der Waals surface area contributed by atoms with Gasteiger partial charge in [0.05, 0.1) is 19.2 Å². The molecule has 3 aromatic carbocycles. The van der Waals surface area contributed by atoms with Crippen LogP contribution in [0.5, 0.6) is 5.75 Å². The number of anilines is 1. The van der Waals surface area contributed by atoms with E-state index in [-0.39, 0.29) is 18.1 Å². The highest BCUT2D eigenvalue weighted by Gasteiger charge is 2.32. The second-order valence-electron chi connectivity index (χ2n) is 8.01. The minimum atomic E-state index is -4.58. The lowest BCUT2D eigenvalue weighted by Crippen LogP contribution is -2.31. The van der Waals surface area contributed by atoms with E-state index in [1.54, 1.807) is 48.8 Å². The van der Waals surface area contributed by atoms with E-state index in [1.807, 2.05) is 29.0 Å². The number of amides is 1. The van der Waals surface area contributed by atoms with Gasteiger partial charge in [0.1, 0.15) is 11.3 Å². The summed E-state index contributed by atoms with van der Waals surface area (Å²) in [5.74, 6) is -0.0288. The van der Waals surface area contributed by atoms with Gasteiger partial charge in [-0.1, -0.05) is 24.3 Å². The number of rotatable bonds is 6. The third kappa shape index (κ3) is 4.83. The number of thiophene rings is 1. The van der Waals surface area contributed by atoms with Gasteiger partial charge in [-0.3, -0.25) is 9.69 Å². The predicted molar refractivity (Wildman–Crippen MR) is 132 cm³/mol. The molecule has 2 aromatic heterocycles. The van der Waals surface area contributed by atoms with Crippen LogP contribution in [0.1, 0.15) is 21.5 Å². The molecule has 0 saturated heterocycles. The molecule has 0 aliphatic heterocycles. The molecule has 0 saturated carbocycles. The summed E-state index contributed by atoms with van der Waals surface area (Å²) < 4.78 is 51.0. The van der Waals surface area contributed by atoms with Gasteiger partial charge >= 0.3 is 12.2 Å². The van der Waals surface area contributed by atoms with E-state index in [9.17, 15) is 18.0 Å². The number of nitrogens with zero attached hydrogens (tertiary/aromatic N) is 2. The summed E-state index contributed by atoms with van der Waals surface area (Å²) in [5, 5.41) is 3.98. The number of fused-ring (bicyclic) bond motifs is 1. The van der Waals surface area contributed by atoms with Crippen molar-refractivity contribution >= 4 is 34.4 Å². The van der Waals surface area contributed by atoms with Crippen molar-refractivity contribution in [1.29, 1.82) is 0 Å². The second kappa shape index (κ2) is 9.50. The predicted octanol–water partition coefficient (Wildman–Crippen LogP) is 7.43. The molecule has 0 spiro atoms. The van der Waals surface area contributed by atoms with Crippen LogP contribution in [-0.4, -0.2) is 18.0 Å². The normalized spacial score (nSPS) is 11.6. The minimum absolute atomic E-state index is 0.00861. The van der Waals surface area contributed by atoms with E-state index in [0.29, 0.717) is 16.8 Å². The molecule has 0 fully saturated rings. The lowest BCUT2D eigenvalue weighted by atomic mass is 10.1.